The molecule has 2 aromatic heterocycles. The molecule has 0 saturated carbocycles. The van der Waals surface area contributed by atoms with Crippen LogP contribution in [0.25, 0.3) is 0 Å². The highest BCUT2D eigenvalue weighted by Gasteiger charge is 2.38. The summed E-state index contributed by atoms with van der Waals surface area (Å²) in [6.07, 6.45) is 2.91. The minimum absolute atomic E-state index is 0.00215. The van der Waals surface area contributed by atoms with Crippen LogP contribution in [0.1, 0.15) is 47.1 Å². The van der Waals surface area contributed by atoms with Gasteiger partial charge in [-0.05, 0) is 41.3 Å². The molecule has 1 saturated heterocycles. The summed E-state index contributed by atoms with van der Waals surface area (Å²) in [5.74, 6) is 0.743. The van der Waals surface area contributed by atoms with E-state index < -0.39 is 0 Å². The molecule has 2 aliphatic heterocycles. The Morgan fingerprint density at radius 2 is 1.85 bits per heavy atom. The maximum atomic E-state index is 13.4. The van der Waals surface area contributed by atoms with Gasteiger partial charge in [-0.1, -0.05) is 26.0 Å². The first-order valence-electron chi connectivity index (χ1n) is 9.58. The van der Waals surface area contributed by atoms with Gasteiger partial charge in [-0.15, -0.1) is 11.3 Å². The van der Waals surface area contributed by atoms with Gasteiger partial charge in [0, 0.05) is 32.4 Å². The zero-order valence-corrected chi connectivity index (χ0v) is 16.6. The summed E-state index contributed by atoms with van der Waals surface area (Å²) in [4.78, 5) is 35.4. The molecule has 0 N–H and O–H groups in total. The summed E-state index contributed by atoms with van der Waals surface area (Å²) in [6, 6.07) is 7.59. The average Bonchev–Trinajstić information content (AvgIpc) is 3.20. The number of thiophene rings is 1. The zero-order chi connectivity index (χ0) is 19.0. The predicted molar refractivity (Wildman–Crippen MR) is 106 cm³/mol. The van der Waals surface area contributed by atoms with Crippen LogP contribution < -0.4 is 0 Å². The Hall–Kier alpha value is -2.21. The Morgan fingerprint density at radius 3 is 2.56 bits per heavy atom. The normalized spacial score (nSPS) is 25.2. The lowest BCUT2D eigenvalue weighted by molar-refractivity contribution is -0.136. The number of rotatable bonds is 2. The van der Waals surface area contributed by atoms with Crippen molar-refractivity contribution in [3.63, 3.8) is 0 Å². The third kappa shape index (κ3) is 3.63. The van der Waals surface area contributed by atoms with Crippen molar-refractivity contribution in [2.24, 2.45) is 11.8 Å². The maximum Gasteiger partial charge on any atom is 0.264 e. The van der Waals surface area contributed by atoms with Gasteiger partial charge in [-0.25, -0.2) is 0 Å². The highest BCUT2D eigenvalue weighted by Crippen LogP contribution is 2.31. The molecular formula is C21H25N3O2S. The van der Waals surface area contributed by atoms with Crippen molar-refractivity contribution in [2.75, 3.05) is 19.6 Å². The number of hydrogen-bond donors (Lipinski definition) is 0. The number of amides is 2. The number of hydrogen-bond acceptors (Lipinski definition) is 4. The maximum absolute atomic E-state index is 13.4. The minimum atomic E-state index is -0.378. The van der Waals surface area contributed by atoms with E-state index in [2.05, 4.69) is 18.8 Å². The molecule has 4 rings (SSSR count). The van der Waals surface area contributed by atoms with Gasteiger partial charge in [0.25, 0.3) is 5.91 Å². The topological polar surface area (TPSA) is 53.5 Å². The number of piperidine rings is 1. The van der Waals surface area contributed by atoms with Crippen molar-refractivity contribution < 1.29 is 9.59 Å². The molecule has 2 aliphatic rings. The van der Waals surface area contributed by atoms with Gasteiger partial charge < -0.3 is 9.80 Å². The molecule has 2 aromatic rings. The smallest absolute Gasteiger partial charge is 0.264 e. The quantitative estimate of drug-likeness (QED) is 0.799. The number of carbonyl (C=O) groups is 2. The number of likely N-dealkylation sites (tertiary alicyclic amines) is 1. The minimum Gasteiger partial charge on any atom is -0.342 e. The Balaban J connectivity index is 1.62. The second kappa shape index (κ2) is 7.43. The fourth-order valence-electron chi connectivity index (χ4n) is 4.44. The molecule has 27 heavy (non-hydrogen) atoms. The Bertz CT molecular complexity index is 826. The van der Waals surface area contributed by atoms with Gasteiger partial charge in [-0.2, -0.15) is 0 Å². The molecule has 6 heteroatoms. The lowest BCUT2D eigenvalue weighted by Gasteiger charge is -2.39. The monoisotopic (exact) mass is 383 g/mol. The highest BCUT2D eigenvalue weighted by molar-refractivity contribution is 7.12. The third-order valence-corrected chi connectivity index (χ3v) is 6.38. The van der Waals surface area contributed by atoms with E-state index in [1.807, 2.05) is 34.5 Å². The molecule has 0 aliphatic carbocycles. The van der Waals surface area contributed by atoms with Crippen LogP contribution in [0.5, 0.6) is 0 Å². The van der Waals surface area contributed by atoms with Crippen LogP contribution in [0.4, 0.5) is 0 Å². The molecule has 3 atom stereocenters. The van der Waals surface area contributed by atoms with Crippen LogP contribution in [0.3, 0.4) is 0 Å². The fourth-order valence-corrected chi connectivity index (χ4v) is 5.14. The summed E-state index contributed by atoms with van der Waals surface area (Å²) >= 11 is 1.44. The fraction of sp³-hybridized carbons (Fsp3) is 0.476. The second-order valence-corrected chi connectivity index (χ2v) is 8.90. The van der Waals surface area contributed by atoms with Crippen molar-refractivity contribution >= 4 is 23.2 Å². The van der Waals surface area contributed by atoms with Gasteiger partial charge in [0.1, 0.15) is 0 Å². The van der Waals surface area contributed by atoms with Crippen molar-refractivity contribution in [1.29, 1.82) is 0 Å². The van der Waals surface area contributed by atoms with Crippen molar-refractivity contribution in [3.05, 3.63) is 52.0 Å². The van der Waals surface area contributed by atoms with Crippen molar-refractivity contribution in [1.82, 2.24) is 14.8 Å². The predicted octanol–water partition coefficient (Wildman–Crippen LogP) is 3.39. The molecule has 3 unspecified atom stereocenters. The first-order chi connectivity index (χ1) is 13.0. The number of pyridine rings is 1. The van der Waals surface area contributed by atoms with Gasteiger partial charge in [0.15, 0.2) is 0 Å². The van der Waals surface area contributed by atoms with Crippen LogP contribution in [0, 0.1) is 11.8 Å². The molecule has 142 valence electrons. The zero-order valence-electron chi connectivity index (χ0n) is 15.8. The molecule has 0 aromatic carbocycles. The lowest BCUT2D eigenvalue weighted by Crippen LogP contribution is -2.49. The van der Waals surface area contributed by atoms with Crippen LogP contribution >= 0.6 is 11.3 Å². The number of carbonyl (C=O) groups excluding carboxylic acids is 2. The third-order valence-electron chi connectivity index (χ3n) is 5.52. The number of fused-ring (bicyclic) bond motifs is 1. The van der Waals surface area contributed by atoms with E-state index >= 15 is 0 Å². The molecule has 4 heterocycles. The van der Waals surface area contributed by atoms with E-state index in [1.54, 1.807) is 11.1 Å². The van der Waals surface area contributed by atoms with E-state index in [0.29, 0.717) is 29.8 Å². The van der Waals surface area contributed by atoms with E-state index in [-0.39, 0.29) is 17.7 Å². The van der Waals surface area contributed by atoms with E-state index in [1.165, 1.54) is 11.3 Å². The second-order valence-electron chi connectivity index (χ2n) is 7.95. The lowest BCUT2D eigenvalue weighted by atomic mass is 9.88. The number of aromatic nitrogens is 1. The molecule has 2 amide bonds. The van der Waals surface area contributed by atoms with Crippen LogP contribution in [0.15, 0.2) is 35.8 Å². The van der Waals surface area contributed by atoms with Gasteiger partial charge in [0.2, 0.25) is 5.91 Å². The summed E-state index contributed by atoms with van der Waals surface area (Å²) < 4.78 is 0. The number of nitrogens with zero attached hydrogens (tertiary/aromatic N) is 3. The van der Waals surface area contributed by atoms with E-state index in [9.17, 15) is 9.59 Å². The van der Waals surface area contributed by atoms with Gasteiger partial charge in [-0.3, -0.25) is 14.6 Å². The standard InChI is InChI=1S/C21H25N3O2S/c1-14-9-15(2)11-23(10-14)20(25)17-13-24(21(26)18-6-4-8-27-18)12-16-5-3-7-22-19(16)17/h3-8,14-15,17H,9-13H2,1-2H3. The average molecular weight is 384 g/mol. The molecule has 0 radical (unpaired) electrons. The summed E-state index contributed by atoms with van der Waals surface area (Å²) in [5.41, 5.74) is 1.81. The highest BCUT2D eigenvalue weighted by atomic mass is 32.1. The van der Waals surface area contributed by atoms with E-state index in [4.69, 9.17) is 0 Å². The van der Waals surface area contributed by atoms with Crippen LogP contribution in [-0.2, 0) is 11.3 Å². The van der Waals surface area contributed by atoms with Crippen LogP contribution in [-0.4, -0.2) is 46.2 Å². The van der Waals surface area contributed by atoms with E-state index in [0.717, 1.165) is 30.8 Å². The van der Waals surface area contributed by atoms with Gasteiger partial charge in [0.05, 0.1) is 16.5 Å². The Labute approximate surface area is 164 Å². The molecule has 1 fully saturated rings. The van der Waals surface area contributed by atoms with Crippen molar-refractivity contribution in [3.8, 4) is 0 Å². The van der Waals surface area contributed by atoms with Gasteiger partial charge >= 0.3 is 0 Å². The first kappa shape index (κ1) is 18.2. The van der Waals surface area contributed by atoms with Crippen LogP contribution in [0.2, 0.25) is 0 Å². The molecular weight excluding hydrogens is 358 g/mol. The SMILES string of the molecule is CC1CC(C)CN(C(=O)C2CN(C(=O)c3cccs3)Cc3cccnc32)C1. The Kier molecular flexibility index (Phi) is 5.00. The summed E-state index contributed by atoms with van der Waals surface area (Å²) in [7, 11) is 0. The Morgan fingerprint density at radius 1 is 1.07 bits per heavy atom. The van der Waals surface area contributed by atoms with Crippen molar-refractivity contribution in [2.45, 2.75) is 32.7 Å². The molecule has 0 bridgehead atoms. The first-order valence-corrected chi connectivity index (χ1v) is 10.5. The molecule has 5 nitrogen and oxygen atoms in total. The molecule has 0 spiro atoms. The summed E-state index contributed by atoms with van der Waals surface area (Å²) in [6.45, 7) is 6.90. The largest absolute Gasteiger partial charge is 0.342 e. The summed E-state index contributed by atoms with van der Waals surface area (Å²) in [5, 5.41) is 1.91.